The van der Waals surface area contributed by atoms with Crippen molar-refractivity contribution < 1.29 is 9.72 Å². The molecule has 2 aromatic heterocycles. The first-order chi connectivity index (χ1) is 12.4. The van der Waals surface area contributed by atoms with E-state index in [9.17, 15) is 19.7 Å². The average Bonchev–Trinajstić information content (AvgIpc) is 2.98. The Morgan fingerprint density at radius 3 is 2.77 bits per heavy atom. The SMILES string of the molecule is Cc1cc(=O)n2c(CCNC(=O)Cc3ccc([N+](=O)[O-])cc3)csc2n1. The van der Waals surface area contributed by atoms with Gasteiger partial charge in [-0.15, -0.1) is 11.3 Å². The number of amides is 1. The number of carbonyl (C=O) groups is 1. The van der Waals surface area contributed by atoms with Crippen LogP contribution in [-0.2, 0) is 17.6 Å². The summed E-state index contributed by atoms with van der Waals surface area (Å²) >= 11 is 1.39. The van der Waals surface area contributed by atoms with Crippen molar-refractivity contribution in [2.75, 3.05) is 6.54 Å². The largest absolute Gasteiger partial charge is 0.355 e. The zero-order chi connectivity index (χ0) is 18.7. The second-order valence-corrected chi connectivity index (χ2v) is 6.62. The lowest BCUT2D eigenvalue weighted by molar-refractivity contribution is -0.384. The van der Waals surface area contributed by atoms with Crippen LogP contribution >= 0.6 is 11.3 Å². The van der Waals surface area contributed by atoms with E-state index in [4.69, 9.17) is 0 Å². The zero-order valence-corrected chi connectivity index (χ0v) is 14.8. The Balaban J connectivity index is 1.57. The maximum absolute atomic E-state index is 12.1. The Morgan fingerprint density at radius 1 is 1.35 bits per heavy atom. The van der Waals surface area contributed by atoms with Gasteiger partial charge in [-0.25, -0.2) is 4.98 Å². The number of fused-ring (bicyclic) bond motifs is 1. The summed E-state index contributed by atoms with van der Waals surface area (Å²) < 4.78 is 1.56. The van der Waals surface area contributed by atoms with Gasteiger partial charge in [0, 0.05) is 47.9 Å². The summed E-state index contributed by atoms with van der Waals surface area (Å²) in [5.74, 6) is -0.181. The number of aryl methyl sites for hydroxylation is 1. The number of non-ortho nitro benzene ring substituents is 1. The molecule has 1 N–H and O–H groups in total. The lowest BCUT2D eigenvalue weighted by Gasteiger charge is -2.05. The molecule has 2 heterocycles. The third-order valence-corrected chi connectivity index (χ3v) is 4.69. The van der Waals surface area contributed by atoms with Crippen molar-refractivity contribution in [1.82, 2.24) is 14.7 Å². The van der Waals surface area contributed by atoms with E-state index in [-0.39, 0.29) is 23.6 Å². The molecule has 0 saturated heterocycles. The van der Waals surface area contributed by atoms with Gasteiger partial charge in [0.15, 0.2) is 4.96 Å². The van der Waals surface area contributed by atoms with Crippen molar-refractivity contribution in [3.63, 3.8) is 0 Å². The molecule has 0 saturated carbocycles. The number of hydrogen-bond acceptors (Lipinski definition) is 6. The van der Waals surface area contributed by atoms with Crippen LogP contribution in [0, 0.1) is 17.0 Å². The third-order valence-electron chi connectivity index (χ3n) is 3.82. The normalized spacial score (nSPS) is 10.8. The van der Waals surface area contributed by atoms with Gasteiger partial charge < -0.3 is 5.32 Å². The smallest absolute Gasteiger partial charge is 0.269 e. The lowest BCUT2D eigenvalue weighted by Crippen LogP contribution is -2.28. The Morgan fingerprint density at radius 2 is 2.08 bits per heavy atom. The minimum Gasteiger partial charge on any atom is -0.355 e. The number of nitro benzene ring substituents is 1. The Labute approximate surface area is 152 Å². The maximum Gasteiger partial charge on any atom is 0.269 e. The van der Waals surface area contributed by atoms with E-state index >= 15 is 0 Å². The molecule has 0 aliphatic rings. The quantitative estimate of drug-likeness (QED) is 0.525. The van der Waals surface area contributed by atoms with E-state index in [1.165, 1.54) is 29.5 Å². The molecule has 1 amide bonds. The van der Waals surface area contributed by atoms with Crippen LogP contribution in [0.4, 0.5) is 5.69 Å². The molecule has 3 rings (SSSR count). The zero-order valence-electron chi connectivity index (χ0n) is 14.0. The van der Waals surface area contributed by atoms with Crippen LogP contribution in [0.25, 0.3) is 4.96 Å². The summed E-state index contributed by atoms with van der Waals surface area (Å²) in [6, 6.07) is 7.37. The first-order valence-corrected chi connectivity index (χ1v) is 8.79. The predicted octanol–water partition coefficient (Wildman–Crippen LogP) is 1.87. The predicted molar refractivity (Wildman–Crippen MR) is 97.6 cm³/mol. The van der Waals surface area contributed by atoms with Crippen LogP contribution in [0.5, 0.6) is 0 Å². The minimum absolute atomic E-state index is 0.00668. The van der Waals surface area contributed by atoms with Crippen molar-refractivity contribution in [1.29, 1.82) is 0 Å². The van der Waals surface area contributed by atoms with Gasteiger partial charge in [0.2, 0.25) is 5.91 Å². The number of aromatic nitrogens is 2. The van der Waals surface area contributed by atoms with Crippen molar-refractivity contribution in [3.05, 3.63) is 73.1 Å². The molecule has 0 spiro atoms. The van der Waals surface area contributed by atoms with E-state index in [1.54, 1.807) is 23.5 Å². The van der Waals surface area contributed by atoms with Crippen molar-refractivity contribution in [3.8, 4) is 0 Å². The fraction of sp³-hybridized carbons (Fsp3) is 0.235. The number of nitro groups is 1. The fourth-order valence-electron chi connectivity index (χ4n) is 2.57. The average molecular weight is 372 g/mol. The number of thiazole rings is 1. The summed E-state index contributed by atoms with van der Waals surface area (Å²) in [5, 5.41) is 15.3. The number of benzene rings is 1. The van der Waals surface area contributed by atoms with Gasteiger partial charge in [-0.2, -0.15) is 0 Å². The van der Waals surface area contributed by atoms with Gasteiger partial charge in [0.05, 0.1) is 11.3 Å². The van der Waals surface area contributed by atoms with Gasteiger partial charge in [-0.1, -0.05) is 12.1 Å². The number of carbonyl (C=O) groups excluding carboxylic acids is 1. The summed E-state index contributed by atoms with van der Waals surface area (Å²) in [6.07, 6.45) is 0.653. The molecule has 134 valence electrons. The second kappa shape index (κ2) is 7.44. The van der Waals surface area contributed by atoms with E-state index in [0.717, 1.165) is 5.69 Å². The van der Waals surface area contributed by atoms with Crippen LogP contribution in [0.3, 0.4) is 0 Å². The summed E-state index contributed by atoms with van der Waals surface area (Å²) in [6.45, 7) is 2.16. The molecule has 26 heavy (non-hydrogen) atoms. The molecule has 0 atom stereocenters. The van der Waals surface area contributed by atoms with Crippen LogP contribution < -0.4 is 10.9 Å². The summed E-state index contributed by atoms with van der Waals surface area (Å²) in [4.78, 5) is 39.2. The van der Waals surface area contributed by atoms with Crippen molar-refractivity contribution in [2.45, 2.75) is 19.8 Å². The molecule has 8 nitrogen and oxygen atoms in total. The molecule has 9 heteroatoms. The van der Waals surface area contributed by atoms with E-state index in [1.807, 2.05) is 5.38 Å². The molecule has 0 aliphatic heterocycles. The van der Waals surface area contributed by atoms with Gasteiger partial charge in [0.25, 0.3) is 11.2 Å². The van der Waals surface area contributed by atoms with Gasteiger partial charge in [0.1, 0.15) is 0 Å². The first kappa shape index (κ1) is 17.7. The van der Waals surface area contributed by atoms with E-state index in [2.05, 4.69) is 10.3 Å². The monoisotopic (exact) mass is 372 g/mol. The number of nitrogens with one attached hydrogen (secondary N) is 1. The molecule has 1 aromatic carbocycles. The molecular weight excluding hydrogens is 356 g/mol. The van der Waals surface area contributed by atoms with Crippen LogP contribution in [-0.4, -0.2) is 26.8 Å². The molecule has 0 aliphatic carbocycles. The standard InChI is InChI=1S/C17H16N4O4S/c1-11-8-16(23)20-14(10-26-17(20)19-11)6-7-18-15(22)9-12-2-4-13(5-3-12)21(24)25/h2-5,8,10H,6-7,9H2,1H3,(H,18,22). The highest BCUT2D eigenvalue weighted by Gasteiger charge is 2.10. The van der Waals surface area contributed by atoms with Gasteiger partial charge in [-0.3, -0.25) is 24.1 Å². The second-order valence-electron chi connectivity index (χ2n) is 5.78. The topological polar surface area (TPSA) is 107 Å². The van der Waals surface area contributed by atoms with Crippen LogP contribution in [0.15, 0.2) is 40.5 Å². The van der Waals surface area contributed by atoms with Crippen LogP contribution in [0.1, 0.15) is 17.0 Å². The molecule has 0 bridgehead atoms. The third kappa shape index (κ3) is 3.94. The van der Waals surface area contributed by atoms with Crippen LogP contribution in [0.2, 0.25) is 0 Å². The Hall–Kier alpha value is -3.07. The Kier molecular flexibility index (Phi) is 5.08. The van der Waals surface area contributed by atoms with Gasteiger partial charge in [-0.05, 0) is 12.5 Å². The molecule has 3 aromatic rings. The Bertz CT molecular complexity index is 1020. The number of rotatable bonds is 6. The van der Waals surface area contributed by atoms with Crippen molar-refractivity contribution >= 4 is 27.9 Å². The minimum atomic E-state index is -0.479. The summed E-state index contributed by atoms with van der Waals surface area (Å²) in [7, 11) is 0. The fourth-order valence-corrected chi connectivity index (χ4v) is 3.55. The molecular formula is C17H16N4O4S. The maximum atomic E-state index is 12.1. The molecule has 0 fully saturated rings. The highest BCUT2D eigenvalue weighted by Crippen LogP contribution is 2.13. The van der Waals surface area contributed by atoms with E-state index < -0.39 is 4.92 Å². The van der Waals surface area contributed by atoms with Crippen molar-refractivity contribution in [2.24, 2.45) is 0 Å². The number of nitrogens with zero attached hydrogens (tertiary/aromatic N) is 3. The highest BCUT2D eigenvalue weighted by atomic mass is 32.1. The molecule has 0 radical (unpaired) electrons. The summed E-state index contributed by atoms with van der Waals surface area (Å²) in [5.41, 5.74) is 2.05. The van der Waals surface area contributed by atoms with Gasteiger partial charge >= 0.3 is 0 Å². The van der Waals surface area contributed by atoms with E-state index in [0.29, 0.717) is 29.2 Å². The highest BCUT2D eigenvalue weighted by molar-refractivity contribution is 7.15. The molecule has 0 unspecified atom stereocenters. The lowest BCUT2D eigenvalue weighted by atomic mass is 10.1. The number of hydrogen-bond donors (Lipinski definition) is 1. The first-order valence-electron chi connectivity index (χ1n) is 7.91.